The van der Waals surface area contributed by atoms with Crippen LogP contribution in [0.4, 0.5) is 0 Å². The van der Waals surface area contributed by atoms with E-state index in [1.807, 2.05) is 0 Å². The summed E-state index contributed by atoms with van der Waals surface area (Å²) in [6.07, 6.45) is 6.80. The molecule has 0 radical (unpaired) electrons. The van der Waals surface area contributed by atoms with Crippen molar-refractivity contribution in [2.45, 2.75) is 71.8 Å². The van der Waals surface area contributed by atoms with Gasteiger partial charge in [0, 0.05) is 18.8 Å². The highest BCUT2D eigenvalue weighted by atomic mass is 16.5. The van der Waals surface area contributed by atoms with Gasteiger partial charge in [-0.3, -0.25) is 0 Å². The normalized spacial score (nSPS) is 16.3. The maximum Gasteiger partial charge on any atom is 0.0610 e. The summed E-state index contributed by atoms with van der Waals surface area (Å²) in [6.45, 7) is 11.6. The molecule has 3 heteroatoms. The van der Waals surface area contributed by atoms with Crippen LogP contribution in [0.25, 0.3) is 0 Å². The highest BCUT2D eigenvalue weighted by Gasteiger charge is 2.21. The fourth-order valence-corrected chi connectivity index (χ4v) is 2.23. The third-order valence-corrected chi connectivity index (χ3v) is 3.60. The number of aliphatic hydroxyl groups excluding tert-OH is 1. The summed E-state index contributed by atoms with van der Waals surface area (Å²) in [5.41, 5.74) is -0.120. The summed E-state index contributed by atoms with van der Waals surface area (Å²) in [7, 11) is 0. The monoisotopic (exact) mass is 273 g/mol. The second kappa shape index (κ2) is 11.7. The lowest BCUT2D eigenvalue weighted by Crippen LogP contribution is -2.46. The smallest absolute Gasteiger partial charge is 0.0610 e. The van der Waals surface area contributed by atoms with Gasteiger partial charge in [0.15, 0.2) is 0 Å². The van der Waals surface area contributed by atoms with Crippen LogP contribution >= 0.6 is 0 Å². The molecule has 0 aromatic rings. The van der Waals surface area contributed by atoms with Gasteiger partial charge in [0.1, 0.15) is 0 Å². The topological polar surface area (TPSA) is 41.5 Å². The van der Waals surface area contributed by atoms with Gasteiger partial charge >= 0.3 is 0 Å². The van der Waals surface area contributed by atoms with Gasteiger partial charge in [0.05, 0.1) is 6.61 Å². The molecule has 0 aromatic heterocycles. The van der Waals surface area contributed by atoms with Crippen LogP contribution in [0, 0.1) is 5.92 Å². The van der Waals surface area contributed by atoms with Crippen LogP contribution in [0.3, 0.4) is 0 Å². The van der Waals surface area contributed by atoms with E-state index in [9.17, 15) is 5.11 Å². The lowest BCUT2D eigenvalue weighted by molar-refractivity contribution is 0.0945. The highest BCUT2D eigenvalue weighted by Crippen LogP contribution is 2.13. The first-order valence-corrected chi connectivity index (χ1v) is 8.01. The number of hydrogen-bond donors (Lipinski definition) is 2. The van der Waals surface area contributed by atoms with Crippen molar-refractivity contribution < 1.29 is 9.84 Å². The number of rotatable bonds is 13. The van der Waals surface area contributed by atoms with Crippen LogP contribution < -0.4 is 5.32 Å². The molecule has 0 aromatic carbocycles. The summed E-state index contributed by atoms with van der Waals surface area (Å²) < 4.78 is 5.69. The molecule has 0 amide bonds. The highest BCUT2D eigenvalue weighted by molar-refractivity contribution is 4.81. The van der Waals surface area contributed by atoms with Gasteiger partial charge in [0.25, 0.3) is 0 Å². The van der Waals surface area contributed by atoms with Crippen molar-refractivity contribution in [2.24, 2.45) is 5.92 Å². The Labute approximate surface area is 120 Å². The van der Waals surface area contributed by atoms with E-state index < -0.39 is 0 Å². The molecule has 2 unspecified atom stereocenters. The second-order valence-electron chi connectivity index (χ2n) is 6.07. The van der Waals surface area contributed by atoms with E-state index in [0.717, 1.165) is 45.4 Å². The van der Waals surface area contributed by atoms with Gasteiger partial charge in [-0.15, -0.1) is 0 Å². The number of nitrogens with one attached hydrogen (secondary N) is 1. The largest absolute Gasteiger partial charge is 0.394 e. The molecule has 116 valence electrons. The zero-order chi connectivity index (χ0) is 14.6. The third kappa shape index (κ3) is 10.3. The Balaban J connectivity index is 3.55. The maximum absolute atomic E-state index is 9.45. The first-order chi connectivity index (χ1) is 9.08. The first kappa shape index (κ1) is 18.9. The van der Waals surface area contributed by atoms with Gasteiger partial charge in [-0.25, -0.2) is 0 Å². The van der Waals surface area contributed by atoms with Crippen LogP contribution in [0.1, 0.15) is 66.2 Å². The fourth-order valence-electron chi connectivity index (χ4n) is 2.23. The van der Waals surface area contributed by atoms with Gasteiger partial charge in [0.2, 0.25) is 0 Å². The molecule has 0 saturated heterocycles. The molecule has 0 fully saturated rings. The average molecular weight is 273 g/mol. The van der Waals surface area contributed by atoms with Gasteiger partial charge < -0.3 is 15.2 Å². The Hall–Kier alpha value is -0.120. The second-order valence-corrected chi connectivity index (χ2v) is 6.07. The molecule has 0 rings (SSSR count). The van der Waals surface area contributed by atoms with E-state index in [-0.39, 0.29) is 12.1 Å². The van der Waals surface area contributed by atoms with Crippen LogP contribution in [-0.2, 0) is 4.74 Å². The molecule has 0 bridgehead atoms. The van der Waals surface area contributed by atoms with Crippen molar-refractivity contribution in [1.29, 1.82) is 0 Å². The SMILES string of the molecule is CCCNC(C)(CO)CCCCOCC(C)CCC. The third-order valence-electron chi connectivity index (χ3n) is 3.60. The zero-order valence-electron chi connectivity index (χ0n) is 13.5. The molecule has 0 heterocycles. The van der Waals surface area contributed by atoms with Crippen LogP contribution in [0.2, 0.25) is 0 Å². The number of hydrogen-bond acceptors (Lipinski definition) is 3. The minimum absolute atomic E-state index is 0.120. The number of unbranched alkanes of at least 4 members (excludes halogenated alkanes) is 1. The van der Waals surface area contributed by atoms with E-state index in [0.29, 0.717) is 5.92 Å². The molecule has 0 saturated carbocycles. The summed E-state index contributed by atoms with van der Waals surface area (Å²) in [5.74, 6) is 0.680. The predicted molar refractivity (Wildman–Crippen MR) is 82.5 cm³/mol. The predicted octanol–water partition coefficient (Wildman–Crippen LogP) is 3.36. The number of ether oxygens (including phenoxy) is 1. The van der Waals surface area contributed by atoms with Gasteiger partial charge in [-0.1, -0.05) is 27.2 Å². The summed E-state index contributed by atoms with van der Waals surface area (Å²) in [4.78, 5) is 0. The molecular weight excluding hydrogens is 238 g/mol. The van der Waals surface area contributed by atoms with Crippen molar-refractivity contribution in [1.82, 2.24) is 5.32 Å². The molecule has 0 aliphatic heterocycles. The van der Waals surface area contributed by atoms with Crippen LogP contribution in [0.5, 0.6) is 0 Å². The fraction of sp³-hybridized carbons (Fsp3) is 1.00. The van der Waals surface area contributed by atoms with E-state index in [1.54, 1.807) is 0 Å². The van der Waals surface area contributed by atoms with E-state index >= 15 is 0 Å². The summed E-state index contributed by atoms with van der Waals surface area (Å²) in [6, 6.07) is 0. The first-order valence-electron chi connectivity index (χ1n) is 8.01. The minimum atomic E-state index is -0.120. The van der Waals surface area contributed by atoms with E-state index in [2.05, 4.69) is 33.0 Å². The Kier molecular flexibility index (Phi) is 11.6. The zero-order valence-corrected chi connectivity index (χ0v) is 13.5. The molecule has 0 spiro atoms. The van der Waals surface area contributed by atoms with E-state index in [1.165, 1.54) is 12.8 Å². The molecule has 2 N–H and O–H groups in total. The minimum Gasteiger partial charge on any atom is -0.394 e. The number of aliphatic hydroxyl groups is 1. The molecular formula is C16H35NO2. The lowest BCUT2D eigenvalue weighted by Gasteiger charge is -2.28. The van der Waals surface area contributed by atoms with Crippen molar-refractivity contribution in [2.75, 3.05) is 26.4 Å². The Morgan fingerprint density at radius 2 is 1.95 bits per heavy atom. The Morgan fingerprint density at radius 1 is 1.21 bits per heavy atom. The van der Waals surface area contributed by atoms with Gasteiger partial charge in [-0.2, -0.15) is 0 Å². The molecule has 2 atom stereocenters. The molecule has 3 nitrogen and oxygen atoms in total. The Bertz CT molecular complexity index is 199. The summed E-state index contributed by atoms with van der Waals surface area (Å²) >= 11 is 0. The quantitative estimate of drug-likeness (QED) is 0.506. The summed E-state index contributed by atoms with van der Waals surface area (Å²) in [5, 5.41) is 12.9. The molecule has 0 aliphatic rings. The maximum atomic E-state index is 9.45. The van der Waals surface area contributed by atoms with Crippen LogP contribution in [0.15, 0.2) is 0 Å². The van der Waals surface area contributed by atoms with Crippen molar-refractivity contribution in [3.8, 4) is 0 Å². The standard InChI is InChI=1S/C16H35NO2/c1-5-9-15(3)13-19-12-8-7-10-16(4,14-18)17-11-6-2/h15,17-18H,5-14H2,1-4H3. The molecule has 0 aliphatic carbocycles. The van der Waals surface area contributed by atoms with Gasteiger partial charge in [-0.05, 0) is 51.5 Å². The van der Waals surface area contributed by atoms with Crippen LogP contribution in [-0.4, -0.2) is 37.0 Å². The van der Waals surface area contributed by atoms with Crippen molar-refractivity contribution in [3.63, 3.8) is 0 Å². The Morgan fingerprint density at radius 3 is 2.53 bits per heavy atom. The van der Waals surface area contributed by atoms with E-state index in [4.69, 9.17) is 4.74 Å². The lowest BCUT2D eigenvalue weighted by atomic mass is 9.95. The average Bonchev–Trinajstić information content (AvgIpc) is 2.41. The van der Waals surface area contributed by atoms with Crippen molar-refractivity contribution in [3.05, 3.63) is 0 Å². The molecule has 19 heavy (non-hydrogen) atoms. The van der Waals surface area contributed by atoms with Crippen molar-refractivity contribution >= 4 is 0 Å².